The van der Waals surface area contributed by atoms with E-state index >= 15 is 0 Å². The Morgan fingerprint density at radius 3 is 2.65 bits per heavy atom. The van der Waals surface area contributed by atoms with Gasteiger partial charge in [0.05, 0.1) is 11.9 Å². The molecule has 1 aromatic carbocycles. The van der Waals surface area contributed by atoms with Gasteiger partial charge in [0.1, 0.15) is 11.7 Å². The monoisotopic (exact) mass is 338 g/mol. The molecule has 0 aliphatic heterocycles. The number of nitrogens with zero attached hydrogens (tertiary/aromatic N) is 2. The summed E-state index contributed by atoms with van der Waals surface area (Å²) in [6.45, 7) is 0.243. The van der Waals surface area contributed by atoms with Gasteiger partial charge < -0.3 is 5.32 Å². The number of anilines is 2. The predicted octanol–water partition coefficient (Wildman–Crippen LogP) is 1.90. The Kier molecular flexibility index (Phi) is 5.64. The first-order valence-corrected chi connectivity index (χ1v) is 8.55. The summed E-state index contributed by atoms with van der Waals surface area (Å²) in [6.07, 6.45) is 3.28. The van der Waals surface area contributed by atoms with Gasteiger partial charge in [0.25, 0.3) is 0 Å². The average Bonchev–Trinajstić information content (AvgIpc) is 2.47. The number of sulfonamides is 1. The van der Waals surface area contributed by atoms with Crippen molar-refractivity contribution >= 4 is 21.4 Å². The largest absolute Gasteiger partial charge is 0.354 e. The average molecular weight is 338 g/mol. The number of hydrogen-bond acceptors (Lipinski definition) is 5. The van der Waals surface area contributed by atoms with Crippen LogP contribution in [-0.2, 0) is 16.6 Å². The van der Waals surface area contributed by atoms with Crippen LogP contribution < -0.4 is 10.6 Å². The molecule has 8 heteroatoms. The number of hydrogen-bond donors (Lipinski definition) is 2. The van der Waals surface area contributed by atoms with Crippen molar-refractivity contribution in [2.24, 2.45) is 0 Å². The van der Waals surface area contributed by atoms with E-state index in [0.29, 0.717) is 11.3 Å². The van der Waals surface area contributed by atoms with Crippen molar-refractivity contribution in [3.05, 3.63) is 54.1 Å². The van der Waals surface area contributed by atoms with Gasteiger partial charge in [0.2, 0.25) is 10.0 Å². The second kappa shape index (κ2) is 7.49. The topological polar surface area (TPSA) is 74.3 Å². The van der Waals surface area contributed by atoms with E-state index in [1.165, 1.54) is 26.2 Å². The summed E-state index contributed by atoms with van der Waals surface area (Å²) in [5, 5.41) is 5.86. The van der Waals surface area contributed by atoms with Crippen LogP contribution in [0.4, 0.5) is 15.8 Å². The van der Waals surface area contributed by atoms with Crippen LogP contribution in [0.15, 0.2) is 42.7 Å². The molecule has 0 amide bonds. The zero-order chi connectivity index (χ0) is 16.9. The molecule has 6 nitrogen and oxygen atoms in total. The molecule has 23 heavy (non-hydrogen) atoms. The lowest BCUT2D eigenvalue weighted by Gasteiger charge is -2.13. The van der Waals surface area contributed by atoms with Crippen LogP contribution in [0.2, 0.25) is 0 Å². The van der Waals surface area contributed by atoms with Crippen molar-refractivity contribution in [1.82, 2.24) is 14.6 Å². The molecule has 0 aliphatic carbocycles. The van der Waals surface area contributed by atoms with Gasteiger partial charge in [-0.25, -0.2) is 17.1 Å². The molecule has 124 valence electrons. The van der Waals surface area contributed by atoms with Crippen molar-refractivity contribution in [1.29, 1.82) is 0 Å². The summed E-state index contributed by atoms with van der Waals surface area (Å²) in [6, 6.07) is 8.08. The maximum atomic E-state index is 13.7. The quantitative estimate of drug-likeness (QED) is 0.807. The SMILES string of the molecule is CN(C)S(=O)(=O)CNCc1cc(F)cc(Nc2cccnc2)c1. The first kappa shape index (κ1) is 17.3. The van der Waals surface area contributed by atoms with Crippen LogP contribution >= 0.6 is 0 Å². The third kappa shape index (κ3) is 5.27. The van der Waals surface area contributed by atoms with Gasteiger partial charge in [-0.15, -0.1) is 0 Å². The van der Waals surface area contributed by atoms with Crippen molar-refractivity contribution in [3.63, 3.8) is 0 Å². The molecule has 0 atom stereocenters. The number of rotatable bonds is 7. The highest BCUT2D eigenvalue weighted by Crippen LogP contribution is 2.18. The molecule has 2 aromatic rings. The smallest absolute Gasteiger partial charge is 0.226 e. The van der Waals surface area contributed by atoms with Crippen LogP contribution in [0, 0.1) is 5.82 Å². The summed E-state index contributed by atoms with van der Waals surface area (Å²) in [4.78, 5) is 3.98. The third-order valence-electron chi connectivity index (χ3n) is 3.08. The molecule has 0 unspecified atom stereocenters. The number of benzene rings is 1. The number of pyridine rings is 1. The predicted molar refractivity (Wildman–Crippen MR) is 88.2 cm³/mol. The Hall–Kier alpha value is -2.03. The summed E-state index contributed by atoms with van der Waals surface area (Å²) >= 11 is 0. The zero-order valence-electron chi connectivity index (χ0n) is 13.0. The first-order valence-electron chi connectivity index (χ1n) is 6.94. The van der Waals surface area contributed by atoms with E-state index < -0.39 is 15.8 Å². The second-order valence-electron chi connectivity index (χ2n) is 5.18. The van der Waals surface area contributed by atoms with Gasteiger partial charge >= 0.3 is 0 Å². The Balaban J connectivity index is 2.03. The highest BCUT2D eigenvalue weighted by Gasteiger charge is 2.12. The summed E-state index contributed by atoms with van der Waals surface area (Å²) < 4.78 is 38.2. The standard InChI is InChI=1S/C15H19FN4O2S/c1-20(2)23(21,22)11-18-9-12-6-13(16)8-15(7-12)19-14-4-3-5-17-10-14/h3-8,10,18-19H,9,11H2,1-2H3. The molecular formula is C15H19FN4O2S. The Bertz CT molecular complexity index is 751. The molecular weight excluding hydrogens is 319 g/mol. The van der Waals surface area contributed by atoms with Crippen LogP contribution in [-0.4, -0.2) is 37.7 Å². The van der Waals surface area contributed by atoms with E-state index in [2.05, 4.69) is 15.6 Å². The molecule has 0 aliphatic rings. The summed E-state index contributed by atoms with van der Waals surface area (Å²) in [7, 11) is -0.398. The highest BCUT2D eigenvalue weighted by atomic mass is 32.2. The van der Waals surface area contributed by atoms with Gasteiger partial charge in [-0.05, 0) is 35.9 Å². The number of aromatic nitrogens is 1. The van der Waals surface area contributed by atoms with Gasteiger partial charge in [-0.1, -0.05) is 0 Å². The second-order valence-corrected chi connectivity index (χ2v) is 7.36. The van der Waals surface area contributed by atoms with E-state index in [1.807, 2.05) is 6.07 Å². The Labute approximate surface area is 135 Å². The molecule has 2 rings (SSSR count). The van der Waals surface area contributed by atoms with E-state index in [4.69, 9.17) is 0 Å². The van der Waals surface area contributed by atoms with Gasteiger partial charge in [-0.2, -0.15) is 0 Å². The zero-order valence-corrected chi connectivity index (χ0v) is 13.8. The minimum atomic E-state index is -3.33. The molecule has 2 N–H and O–H groups in total. The number of halogens is 1. The first-order chi connectivity index (χ1) is 10.9. The fourth-order valence-corrected chi connectivity index (χ4v) is 2.50. The van der Waals surface area contributed by atoms with Crippen LogP contribution in [0.1, 0.15) is 5.56 Å². The maximum Gasteiger partial charge on any atom is 0.226 e. The van der Waals surface area contributed by atoms with Crippen LogP contribution in [0.25, 0.3) is 0 Å². The molecule has 0 fully saturated rings. The summed E-state index contributed by atoms with van der Waals surface area (Å²) in [5.41, 5.74) is 1.96. The van der Waals surface area contributed by atoms with E-state index in [1.54, 1.807) is 24.5 Å². The molecule has 1 aromatic heterocycles. The van der Waals surface area contributed by atoms with Gasteiger partial charge in [-0.3, -0.25) is 10.3 Å². The van der Waals surface area contributed by atoms with E-state index in [0.717, 1.165) is 9.99 Å². The normalized spacial score (nSPS) is 11.7. The minimum absolute atomic E-state index is 0.206. The molecule has 0 saturated carbocycles. The fraction of sp³-hybridized carbons (Fsp3) is 0.267. The lowest BCUT2D eigenvalue weighted by molar-refractivity contribution is 0.513. The fourth-order valence-electron chi connectivity index (χ4n) is 1.88. The van der Waals surface area contributed by atoms with Crippen molar-refractivity contribution < 1.29 is 12.8 Å². The highest BCUT2D eigenvalue weighted by molar-refractivity contribution is 7.89. The molecule has 0 radical (unpaired) electrons. The van der Waals surface area contributed by atoms with Crippen LogP contribution in [0.5, 0.6) is 0 Å². The lowest BCUT2D eigenvalue weighted by Crippen LogP contribution is -2.32. The van der Waals surface area contributed by atoms with Crippen molar-refractivity contribution in [2.45, 2.75) is 6.54 Å². The maximum absolute atomic E-state index is 13.7. The Morgan fingerprint density at radius 1 is 1.22 bits per heavy atom. The number of nitrogens with one attached hydrogen (secondary N) is 2. The van der Waals surface area contributed by atoms with Crippen LogP contribution in [0.3, 0.4) is 0 Å². The lowest BCUT2D eigenvalue weighted by atomic mass is 10.2. The van der Waals surface area contributed by atoms with Crippen molar-refractivity contribution in [2.75, 3.05) is 25.3 Å². The molecule has 0 saturated heterocycles. The molecule has 1 heterocycles. The molecule has 0 spiro atoms. The molecule has 0 bridgehead atoms. The minimum Gasteiger partial charge on any atom is -0.354 e. The Morgan fingerprint density at radius 2 is 2.00 bits per heavy atom. The van der Waals surface area contributed by atoms with Gasteiger partial charge in [0.15, 0.2) is 0 Å². The third-order valence-corrected chi connectivity index (χ3v) is 4.76. The summed E-state index contributed by atoms with van der Waals surface area (Å²) in [5.74, 6) is -0.604. The van der Waals surface area contributed by atoms with Gasteiger partial charge in [0, 0.05) is 32.5 Å². The van der Waals surface area contributed by atoms with Crippen molar-refractivity contribution in [3.8, 4) is 0 Å². The van der Waals surface area contributed by atoms with E-state index in [-0.39, 0.29) is 12.4 Å². The van der Waals surface area contributed by atoms with E-state index in [9.17, 15) is 12.8 Å².